The van der Waals surface area contributed by atoms with Gasteiger partial charge >= 0.3 is 5.97 Å². The lowest BCUT2D eigenvalue weighted by molar-refractivity contribution is -0.142. The normalized spacial score (nSPS) is 12.6. The van der Waals surface area contributed by atoms with Crippen LogP contribution in [0.15, 0.2) is 42.5 Å². The molecule has 0 unspecified atom stereocenters. The lowest BCUT2D eigenvalue weighted by Gasteiger charge is -2.13. The topological polar surface area (TPSA) is 99.2 Å². The van der Waals surface area contributed by atoms with Gasteiger partial charge in [0.25, 0.3) is 11.8 Å². The summed E-state index contributed by atoms with van der Waals surface area (Å²) in [5.41, 5.74) is 0.877. The largest absolute Gasteiger partial charge is 0.497 e. The molecule has 8 heteroatoms. The maximum absolute atomic E-state index is 12.3. The molecule has 0 radical (unpaired) electrons. The van der Waals surface area contributed by atoms with Crippen molar-refractivity contribution in [2.24, 2.45) is 0 Å². The summed E-state index contributed by atoms with van der Waals surface area (Å²) < 4.78 is 15.2. The number of carbonyl (C=O) groups is 4. The summed E-state index contributed by atoms with van der Waals surface area (Å²) in [6.07, 6.45) is -0.210. The molecule has 8 nitrogen and oxygen atoms in total. The average molecular weight is 397 g/mol. The summed E-state index contributed by atoms with van der Waals surface area (Å²) in [4.78, 5) is 49.9. The van der Waals surface area contributed by atoms with E-state index in [9.17, 15) is 19.2 Å². The summed E-state index contributed by atoms with van der Waals surface area (Å²) in [6.45, 7) is -0.602. The highest BCUT2D eigenvalue weighted by Gasteiger charge is 2.35. The molecule has 150 valence electrons. The van der Waals surface area contributed by atoms with Crippen LogP contribution in [-0.2, 0) is 9.53 Å². The smallest absolute Gasteiger partial charge is 0.308 e. The van der Waals surface area contributed by atoms with E-state index in [1.807, 2.05) is 0 Å². The molecule has 0 atom stereocenters. The van der Waals surface area contributed by atoms with E-state index in [2.05, 4.69) is 0 Å². The van der Waals surface area contributed by atoms with Crippen molar-refractivity contribution in [3.05, 3.63) is 59.2 Å². The van der Waals surface area contributed by atoms with Crippen molar-refractivity contribution in [3.8, 4) is 11.5 Å². The molecule has 0 spiro atoms. The maximum Gasteiger partial charge on any atom is 0.308 e. The number of carbonyl (C=O) groups excluding carboxylic acids is 4. The lowest BCUT2D eigenvalue weighted by Crippen LogP contribution is -2.32. The molecule has 0 aromatic heterocycles. The van der Waals surface area contributed by atoms with Gasteiger partial charge in [0.15, 0.2) is 6.61 Å². The molecule has 0 N–H and O–H groups in total. The molecular formula is C21H19NO7. The van der Waals surface area contributed by atoms with Crippen LogP contribution in [0.5, 0.6) is 11.5 Å². The second kappa shape index (κ2) is 8.55. The van der Waals surface area contributed by atoms with E-state index < -0.39 is 30.2 Å². The van der Waals surface area contributed by atoms with Gasteiger partial charge in [-0.25, -0.2) is 0 Å². The fourth-order valence-corrected chi connectivity index (χ4v) is 2.97. The first-order chi connectivity index (χ1) is 14.0. The Morgan fingerprint density at radius 1 is 0.931 bits per heavy atom. The van der Waals surface area contributed by atoms with Crippen LogP contribution in [0, 0.1) is 0 Å². The maximum atomic E-state index is 12.3. The van der Waals surface area contributed by atoms with E-state index in [4.69, 9.17) is 14.2 Å². The zero-order chi connectivity index (χ0) is 21.0. The van der Waals surface area contributed by atoms with Gasteiger partial charge in [-0.2, -0.15) is 0 Å². The van der Waals surface area contributed by atoms with E-state index in [0.717, 1.165) is 4.90 Å². The number of methoxy groups -OCH3 is 2. The van der Waals surface area contributed by atoms with Gasteiger partial charge in [-0.15, -0.1) is 0 Å². The Bertz CT molecular complexity index is 948. The summed E-state index contributed by atoms with van der Waals surface area (Å²) in [5, 5.41) is 0. The van der Waals surface area contributed by atoms with Gasteiger partial charge in [0.1, 0.15) is 11.5 Å². The first kappa shape index (κ1) is 20.1. The molecule has 2 aromatic rings. The minimum atomic E-state index is -0.692. The fraction of sp³-hybridized carbons (Fsp3) is 0.238. The van der Waals surface area contributed by atoms with Gasteiger partial charge < -0.3 is 14.2 Å². The van der Waals surface area contributed by atoms with Crippen LogP contribution in [0.1, 0.15) is 37.5 Å². The Morgan fingerprint density at radius 3 is 2.17 bits per heavy atom. The molecule has 29 heavy (non-hydrogen) atoms. The second-order valence-corrected chi connectivity index (χ2v) is 6.21. The molecule has 3 rings (SSSR count). The lowest BCUT2D eigenvalue weighted by atomic mass is 10.1. The van der Waals surface area contributed by atoms with Crippen molar-refractivity contribution in [1.82, 2.24) is 4.90 Å². The third-order valence-corrected chi connectivity index (χ3v) is 4.49. The Hall–Kier alpha value is -3.68. The van der Waals surface area contributed by atoms with Gasteiger partial charge in [-0.3, -0.25) is 24.1 Å². The summed E-state index contributed by atoms with van der Waals surface area (Å²) in [5.74, 6) is -1.20. The molecule has 2 aromatic carbocycles. The predicted molar refractivity (Wildman–Crippen MR) is 101 cm³/mol. The Morgan fingerprint density at radius 2 is 1.59 bits per heavy atom. The number of rotatable bonds is 8. The second-order valence-electron chi connectivity index (χ2n) is 6.21. The van der Waals surface area contributed by atoms with Crippen LogP contribution in [0.3, 0.4) is 0 Å². The van der Waals surface area contributed by atoms with Gasteiger partial charge in [0, 0.05) is 12.6 Å². The van der Waals surface area contributed by atoms with Crippen molar-refractivity contribution in [3.63, 3.8) is 0 Å². The summed E-state index contributed by atoms with van der Waals surface area (Å²) >= 11 is 0. The van der Waals surface area contributed by atoms with Crippen LogP contribution in [0.4, 0.5) is 0 Å². The minimum absolute atomic E-state index is 0.120. The first-order valence-electron chi connectivity index (χ1n) is 8.82. The Balaban J connectivity index is 1.54. The molecule has 2 amide bonds. The van der Waals surface area contributed by atoms with E-state index in [0.29, 0.717) is 22.6 Å². The van der Waals surface area contributed by atoms with Crippen LogP contribution >= 0.6 is 0 Å². The van der Waals surface area contributed by atoms with Crippen LogP contribution < -0.4 is 9.47 Å². The minimum Gasteiger partial charge on any atom is -0.497 e. The SMILES string of the molecule is COc1ccc(C(=O)COC(=O)CCN2C(=O)c3ccccc3C2=O)c(OC)c1. The number of hydrogen-bond donors (Lipinski definition) is 0. The molecule has 1 aliphatic heterocycles. The molecular weight excluding hydrogens is 378 g/mol. The number of benzene rings is 2. The van der Waals surface area contributed by atoms with Gasteiger partial charge in [-0.05, 0) is 24.3 Å². The summed E-state index contributed by atoms with van der Waals surface area (Å²) in [6, 6.07) is 11.1. The first-order valence-corrected chi connectivity index (χ1v) is 8.82. The third kappa shape index (κ3) is 4.11. The summed E-state index contributed by atoms with van der Waals surface area (Å²) in [7, 11) is 2.91. The number of hydrogen-bond acceptors (Lipinski definition) is 7. The number of ether oxygens (including phenoxy) is 3. The molecule has 1 heterocycles. The predicted octanol–water partition coefficient (Wildman–Crippen LogP) is 2.12. The Kier molecular flexibility index (Phi) is 5.92. The molecule has 0 saturated heterocycles. The van der Waals surface area contributed by atoms with Crippen LogP contribution in [0.25, 0.3) is 0 Å². The average Bonchev–Trinajstić information content (AvgIpc) is 3.00. The van der Waals surface area contributed by atoms with E-state index in [1.165, 1.54) is 20.3 Å². The third-order valence-electron chi connectivity index (χ3n) is 4.49. The van der Waals surface area contributed by atoms with Crippen molar-refractivity contribution in [2.45, 2.75) is 6.42 Å². The number of amides is 2. The van der Waals surface area contributed by atoms with Crippen molar-refractivity contribution in [2.75, 3.05) is 27.4 Å². The highest BCUT2D eigenvalue weighted by molar-refractivity contribution is 6.21. The van der Waals surface area contributed by atoms with Crippen molar-refractivity contribution >= 4 is 23.6 Å². The molecule has 0 aliphatic carbocycles. The quantitative estimate of drug-likeness (QED) is 0.382. The number of ketones is 1. The molecule has 0 fully saturated rings. The van der Waals surface area contributed by atoms with Crippen molar-refractivity contribution in [1.29, 1.82) is 0 Å². The molecule has 0 bridgehead atoms. The van der Waals surface area contributed by atoms with E-state index in [-0.39, 0.29) is 18.5 Å². The fourth-order valence-electron chi connectivity index (χ4n) is 2.97. The highest BCUT2D eigenvalue weighted by Crippen LogP contribution is 2.25. The van der Waals surface area contributed by atoms with E-state index >= 15 is 0 Å². The van der Waals surface area contributed by atoms with Crippen LogP contribution in [0.2, 0.25) is 0 Å². The van der Waals surface area contributed by atoms with Crippen molar-refractivity contribution < 1.29 is 33.4 Å². The number of imide groups is 1. The standard InChI is InChI=1S/C21H19NO7/c1-27-13-7-8-16(18(11-13)28-2)17(23)12-29-19(24)9-10-22-20(25)14-5-3-4-6-15(14)21(22)26/h3-8,11H,9-10,12H2,1-2H3. The van der Waals surface area contributed by atoms with E-state index in [1.54, 1.807) is 36.4 Å². The number of esters is 1. The number of Topliss-reactive ketones (excluding diaryl/α,β-unsaturated/α-hetero) is 1. The zero-order valence-electron chi connectivity index (χ0n) is 16.0. The number of nitrogens with zero attached hydrogens (tertiary/aromatic N) is 1. The Labute approximate surface area is 167 Å². The number of fused-ring (bicyclic) bond motifs is 1. The monoisotopic (exact) mass is 397 g/mol. The van der Waals surface area contributed by atoms with Gasteiger partial charge in [0.05, 0.1) is 37.3 Å². The highest BCUT2D eigenvalue weighted by atomic mass is 16.5. The van der Waals surface area contributed by atoms with Crippen LogP contribution in [-0.4, -0.2) is 55.8 Å². The van der Waals surface area contributed by atoms with Gasteiger partial charge in [-0.1, -0.05) is 12.1 Å². The molecule has 0 saturated carbocycles. The molecule has 1 aliphatic rings. The zero-order valence-corrected chi connectivity index (χ0v) is 16.0. The van der Waals surface area contributed by atoms with Gasteiger partial charge in [0.2, 0.25) is 5.78 Å².